The Kier molecular flexibility index (Phi) is 6.49. The number of rotatable bonds is 7. The molecule has 3 aromatic carbocycles. The maximum absolute atomic E-state index is 12.5. The Labute approximate surface area is 191 Å². The molecule has 0 saturated heterocycles. The lowest BCUT2D eigenvalue weighted by molar-refractivity contribution is -0.148. The van der Waals surface area contributed by atoms with Crippen molar-refractivity contribution in [1.82, 2.24) is 14.9 Å². The fraction of sp³-hybridized carbons (Fsp3) is 0.231. The maximum atomic E-state index is 12.5. The van der Waals surface area contributed by atoms with Gasteiger partial charge in [-0.15, -0.1) is 0 Å². The Bertz CT molecular complexity index is 1390. The molecule has 0 aliphatic rings. The fourth-order valence-electron chi connectivity index (χ4n) is 3.91. The molecule has 0 radical (unpaired) electrons. The van der Waals surface area contributed by atoms with Gasteiger partial charge < -0.3 is 10.1 Å². The minimum Gasteiger partial charge on any atom is -0.456 e. The van der Waals surface area contributed by atoms with Crippen LogP contribution in [0.1, 0.15) is 30.8 Å². The molecule has 33 heavy (non-hydrogen) atoms. The van der Waals surface area contributed by atoms with Crippen LogP contribution in [0, 0.1) is 0 Å². The van der Waals surface area contributed by atoms with E-state index in [-0.39, 0.29) is 37.0 Å². The minimum atomic E-state index is -0.523. The highest BCUT2D eigenvalue weighted by Crippen LogP contribution is 2.23. The molecule has 7 nitrogen and oxygen atoms in total. The second kappa shape index (κ2) is 9.65. The van der Waals surface area contributed by atoms with Crippen molar-refractivity contribution in [2.24, 2.45) is 7.05 Å². The molecule has 7 heteroatoms. The standard InChI is InChI=1S/C26H25N3O4/c1-17(19-12-7-9-18-8-3-4-10-20(18)19)27-24(30)16-33-25(31)15-14-23-28-22-13-6-5-11-21(22)26(32)29(23)2/h3-13,17H,14-16H2,1-2H3,(H,27,30). The number of ether oxygens (including phenoxy) is 1. The molecule has 168 valence electrons. The maximum Gasteiger partial charge on any atom is 0.306 e. The highest BCUT2D eigenvalue weighted by molar-refractivity contribution is 5.87. The van der Waals surface area contributed by atoms with Gasteiger partial charge >= 0.3 is 5.97 Å². The minimum absolute atomic E-state index is 0.0186. The van der Waals surface area contributed by atoms with Crippen molar-refractivity contribution < 1.29 is 14.3 Å². The molecule has 0 spiro atoms. The van der Waals surface area contributed by atoms with Crippen LogP contribution >= 0.6 is 0 Å². The van der Waals surface area contributed by atoms with Gasteiger partial charge in [0.15, 0.2) is 6.61 Å². The van der Waals surface area contributed by atoms with Crippen molar-refractivity contribution in [3.05, 3.63) is 88.5 Å². The first kappa shape index (κ1) is 22.2. The predicted molar refractivity (Wildman–Crippen MR) is 127 cm³/mol. The number of fused-ring (bicyclic) bond motifs is 2. The quantitative estimate of drug-likeness (QED) is 0.442. The van der Waals surface area contributed by atoms with E-state index in [4.69, 9.17) is 4.74 Å². The normalized spacial score (nSPS) is 11.9. The van der Waals surface area contributed by atoms with E-state index in [1.807, 2.05) is 55.5 Å². The Morgan fingerprint density at radius 1 is 1.00 bits per heavy atom. The first-order chi connectivity index (χ1) is 15.9. The van der Waals surface area contributed by atoms with Crippen LogP contribution in [0.3, 0.4) is 0 Å². The number of hydrogen-bond acceptors (Lipinski definition) is 5. The SMILES string of the molecule is CC(NC(=O)COC(=O)CCc1nc2ccccc2c(=O)n1C)c1cccc2ccccc12. The summed E-state index contributed by atoms with van der Waals surface area (Å²) in [6.45, 7) is 1.53. The van der Waals surface area contributed by atoms with Crippen LogP contribution in [0.5, 0.6) is 0 Å². The number of nitrogens with zero attached hydrogens (tertiary/aromatic N) is 2. The topological polar surface area (TPSA) is 90.3 Å². The molecule has 4 aromatic rings. The summed E-state index contributed by atoms with van der Waals surface area (Å²) in [5, 5.41) is 5.58. The van der Waals surface area contributed by atoms with Crippen molar-refractivity contribution >= 4 is 33.6 Å². The number of benzene rings is 3. The molecule has 0 aliphatic carbocycles. The van der Waals surface area contributed by atoms with Crippen LogP contribution in [-0.4, -0.2) is 28.0 Å². The summed E-state index contributed by atoms with van der Waals surface area (Å²) >= 11 is 0. The Balaban J connectivity index is 1.32. The van der Waals surface area contributed by atoms with E-state index >= 15 is 0 Å². The summed E-state index contributed by atoms with van der Waals surface area (Å²) in [4.78, 5) is 41.5. The van der Waals surface area contributed by atoms with Gasteiger partial charge in [0.05, 0.1) is 23.4 Å². The van der Waals surface area contributed by atoms with Gasteiger partial charge in [-0.2, -0.15) is 0 Å². The van der Waals surface area contributed by atoms with Crippen molar-refractivity contribution in [3.63, 3.8) is 0 Å². The lowest BCUT2D eigenvalue weighted by Gasteiger charge is -2.16. The van der Waals surface area contributed by atoms with Crippen LogP contribution in [0.25, 0.3) is 21.7 Å². The fourth-order valence-corrected chi connectivity index (χ4v) is 3.91. The Morgan fingerprint density at radius 2 is 1.70 bits per heavy atom. The van der Waals surface area contributed by atoms with Gasteiger partial charge in [0.25, 0.3) is 11.5 Å². The Hall–Kier alpha value is -4.00. The zero-order valence-corrected chi connectivity index (χ0v) is 18.6. The highest BCUT2D eigenvalue weighted by atomic mass is 16.5. The molecule has 1 N–H and O–H groups in total. The molecule has 1 atom stereocenters. The predicted octanol–water partition coefficient (Wildman–Crippen LogP) is 3.44. The average Bonchev–Trinajstić information content (AvgIpc) is 2.83. The first-order valence-corrected chi connectivity index (χ1v) is 10.8. The zero-order valence-electron chi connectivity index (χ0n) is 18.6. The van der Waals surface area contributed by atoms with Crippen LogP contribution in [0.2, 0.25) is 0 Å². The lowest BCUT2D eigenvalue weighted by Crippen LogP contribution is -2.31. The summed E-state index contributed by atoms with van der Waals surface area (Å²) in [5.74, 6) is -0.407. The number of aromatic nitrogens is 2. The summed E-state index contributed by atoms with van der Waals surface area (Å²) in [6, 6.07) is 20.8. The van der Waals surface area contributed by atoms with E-state index < -0.39 is 5.97 Å². The number of para-hydroxylation sites is 1. The molecule has 0 saturated carbocycles. The molecule has 1 aromatic heterocycles. The molecule has 1 unspecified atom stereocenters. The third-order valence-electron chi connectivity index (χ3n) is 5.66. The molecule has 0 fully saturated rings. The summed E-state index contributed by atoms with van der Waals surface area (Å²) < 4.78 is 6.58. The van der Waals surface area contributed by atoms with E-state index in [1.54, 1.807) is 25.2 Å². The van der Waals surface area contributed by atoms with E-state index in [2.05, 4.69) is 10.3 Å². The molecule has 0 aliphatic heterocycles. The van der Waals surface area contributed by atoms with Gasteiger partial charge in [0.1, 0.15) is 5.82 Å². The van der Waals surface area contributed by atoms with Gasteiger partial charge in [-0.1, -0.05) is 54.6 Å². The zero-order chi connectivity index (χ0) is 23.4. The molecule has 1 heterocycles. The summed E-state index contributed by atoms with van der Waals surface area (Å²) in [6.07, 6.45) is 0.258. The van der Waals surface area contributed by atoms with E-state index in [1.165, 1.54) is 4.57 Å². The van der Waals surface area contributed by atoms with E-state index in [0.29, 0.717) is 16.7 Å². The number of nitrogens with one attached hydrogen (secondary N) is 1. The van der Waals surface area contributed by atoms with Gasteiger partial charge in [0.2, 0.25) is 0 Å². The van der Waals surface area contributed by atoms with E-state index in [9.17, 15) is 14.4 Å². The number of carbonyl (C=O) groups excluding carboxylic acids is 2. The monoisotopic (exact) mass is 443 g/mol. The highest BCUT2D eigenvalue weighted by Gasteiger charge is 2.15. The second-order valence-electron chi connectivity index (χ2n) is 7.93. The van der Waals surface area contributed by atoms with Crippen LogP contribution in [-0.2, 0) is 27.8 Å². The second-order valence-corrected chi connectivity index (χ2v) is 7.93. The summed E-state index contributed by atoms with van der Waals surface area (Å²) in [5.41, 5.74) is 1.42. The number of carbonyl (C=O) groups is 2. The third kappa shape index (κ3) is 4.92. The van der Waals surface area contributed by atoms with Gasteiger partial charge in [-0.25, -0.2) is 4.98 Å². The Morgan fingerprint density at radius 3 is 2.52 bits per heavy atom. The van der Waals surface area contributed by atoms with Crippen molar-refractivity contribution in [3.8, 4) is 0 Å². The van der Waals surface area contributed by atoms with Gasteiger partial charge in [0, 0.05) is 13.5 Å². The molecular formula is C26H25N3O4. The molecular weight excluding hydrogens is 418 g/mol. The number of aryl methyl sites for hydroxylation is 1. The van der Waals surface area contributed by atoms with Crippen LogP contribution in [0.4, 0.5) is 0 Å². The largest absolute Gasteiger partial charge is 0.456 e. The summed E-state index contributed by atoms with van der Waals surface area (Å²) in [7, 11) is 1.63. The van der Waals surface area contributed by atoms with Crippen molar-refractivity contribution in [2.75, 3.05) is 6.61 Å². The van der Waals surface area contributed by atoms with Crippen molar-refractivity contribution in [1.29, 1.82) is 0 Å². The van der Waals surface area contributed by atoms with Gasteiger partial charge in [-0.3, -0.25) is 19.0 Å². The molecule has 4 rings (SSSR count). The number of esters is 1. The van der Waals surface area contributed by atoms with Crippen LogP contribution in [0.15, 0.2) is 71.5 Å². The van der Waals surface area contributed by atoms with Crippen LogP contribution < -0.4 is 10.9 Å². The third-order valence-corrected chi connectivity index (χ3v) is 5.66. The van der Waals surface area contributed by atoms with Gasteiger partial charge in [-0.05, 0) is 35.4 Å². The molecule has 1 amide bonds. The lowest BCUT2D eigenvalue weighted by atomic mass is 10.00. The number of amides is 1. The number of hydrogen-bond donors (Lipinski definition) is 1. The smallest absolute Gasteiger partial charge is 0.306 e. The average molecular weight is 444 g/mol. The van der Waals surface area contributed by atoms with E-state index in [0.717, 1.165) is 16.3 Å². The first-order valence-electron chi connectivity index (χ1n) is 10.8. The van der Waals surface area contributed by atoms with Crippen molar-refractivity contribution in [2.45, 2.75) is 25.8 Å². The molecule has 0 bridgehead atoms.